The van der Waals surface area contributed by atoms with E-state index in [1.54, 1.807) is 18.2 Å². The third-order valence-electron chi connectivity index (χ3n) is 1.02. The van der Waals surface area contributed by atoms with Crippen molar-refractivity contribution in [1.29, 1.82) is 0 Å². The summed E-state index contributed by atoms with van der Waals surface area (Å²) in [5, 5.41) is 17.0. The standard InChI is InChI=1S/C5H7BO3/c7-6(8)5-3-1-2-4-9-5/h1-5,7-8H. The first-order chi connectivity index (χ1) is 4.30. The van der Waals surface area contributed by atoms with E-state index in [0.29, 0.717) is 0 Å². The van der Waals surface area contributed by atoms with Gasteiger partial charge in [0.25, 0.3) is 0 Å². The van der Waals surface area contributed by atoms with E-state index in [4.69, 9.17) is 14.8 Å². The summed E-state index contributed by atoms with van der Waals surface area (Å²) in [7, 11) is -1.42. The summed E-state index contributed by atoms with van der Waals surface area (Å²) >= 11 is 0. The largest absolute Gasteiger partial charge is 0.499 e. The molecule has 1 aliphatic heterocycles. The van der Waals surface area contributed by atoms with Gasteiger partial charge in [-0.3, -0.25) is 0 Å². The topological polar surface area (TPSA) is 49.7 Å². The van der Waals surface area contributed by atoms with E-state index < -0.39 is 13.1 Å². The minimum absolute atomic E-state index is 0.602. The number of hydrogen-bond acceptors (Lipinski definition) is 3. The number of rotatable bonds is 1. The van der Waals surface area contributed by atoms with Gasteiger partial charge in [-0.15, -0.1) is 0 Å². The fraction of sp³-hybridized carbons (Fsp3) is 0.200. The number of ether oxygens (including phenoxy) is 1. The van der Waals surface area contributed by atoms with Crippen LogP contribution in [-0.4, -0.2) is 23.2 Å². The van der Waals surface area contributed by atoms with Crippen LogP contribution < -0.4 is 0 Å². The van der Waals surface area contributed by atoms with Gasteiger partial charge in [0.05, 0.1) is 6.26 Å². The fourth-order valence-corrected chi connectivity index (χ4v) is 0.570. The van der Waals surface area contributed by atoms with Crippen molar-refractivity contribution in [3.8, 4) is 0 Å². The SMILES string of the molecule is OB(O)C1C=CC=CO1. The third kappa shape index (κ3) is 1.59. The molecular weight excluding hydrogens is 119 g/mol. The maximum Gasteiger partial charge on any atom is 0.499 e. The molecule has 0 spiro atoms. The number of hydrogen-bond donors (Lipinski definition) is 2. The Morgan fingerprint density at radius 3 is 2.44 bits per heavy atom. The van der Waals surface area contributed by atoms with Crippen LogP contribution in [0.1, 0.15) is 0 Å². The van der Waals surface area contributed by atoms with Gasteiger partial charge >= 0.3 is 7.12 Å². The Bertz CT molecular complexity index is 141. The molecule has 1 unspecified atom stereocenters. The van der Waals surface area contributed by atoms with E-state index >= 15 is 0 Å². The molecule has 0 aromatic rings. The molecule has 4 heteroatoms. The summed E-state index contributed by atoms with van der Waals surface area (Å²) in [5.74, 6) is 0. The molecule has 3 nitrogen and oxygen atoms in total. The molecule has 1 aliphatic rings. The summed E-state index contributed by atoms with van der Waals surface area (Å²) in [6.07, 6.45) is 6.38. The lowest BCUT2D eigenvalue weighted by molar-refractivity contribution is 0.202. The van der Waals surface area contributed by atoms with Gasteiger partial charge in [-0.1, -0.05) is 6.08 Å². The molecule has 2 N–H and O–H groups in total. The van der Waals surface area contributed by atoms with E-state index in [-0.39, 0.29) is 0 Å². The van der Waals surface area contributed by atoms with Crippen LogP contribution in [0, 0.1) is 0 Å². The zero-order valence-corrected chi connectivity index (χ0v) is 4.77. The molecule has 0 radical (unpaired) electrons. The van der Waals surface area contributed by atoms with Crippen molar-refractivity contribution in [3.05, 3.63) is 24.5 Å². The predicted octanol–water partition coefficient (Wildman–Crippen LogP) is -0.533. The van der Waals surface area contributed by atoms with Gasteiger partial charge in [0.15, 0.2) is 6.00 Å². The van der Waals surface area contributed by atoms with E-state index in [1.165, 1.54) is 6.26 Å². The monoisotopic (exact) mass is 126 g/mol. The molecule has 0 saturated heterocycles. The quantitative estimate of drug-likeness (QED) is 0.464. The van der Waals surface area contributed by atoms with Gasteiger partial charge in [0.1, 0.15) is 0 Å². The Morgan fingerprint density at radius 2 is 2.11 bits per heavy atom. The average Bonchev–Trinajstić information content (AvgIpc) is 1.90. The van der Waals surface area contributed by atoms with Crippen molar-refractivity contribution >= 4 is 7.12 Å². The molecule has 0 fully saturated rings. The van der Waals surface area contributed by atoms with Gasteiger partial charge in [-0.25, -0.2) is 0 Å². The van der Waals surface area contributed by atoms with Crippen molar-refractivity contribution in [2.75, 3.05) is 0 Å². The first kappa shape index (κ1) is 6.39. The third-order valence-corrected chi connectivity index (χ3v) is 1.02. The molecule has 48 valence electrons. The molecule has 0 aromatic carbocycles. The van der Waals surface area contributed by atoms with E-state index in [9.17, 15) is 0 Å². The molecule has 0 amide bonds. The maximum atomic E-state index is 8.52. The Labute approximate surface area is 53.4 Å². The summed E-state index contributed by atoms with van der Waals surface area (Å²) in [4.78, 5) is 0. The van der Waals surface area contributed by atoms with Crippen LogP contribution in [0.5, 0.6) is 0 Å². The molecule has 0 bridgehead atoms. The Kier molecular flexibility index (Phi) is 1.92. The second kappa shape index (κ2) is 2.71. The van der Waals surface area contributed by atoms with Crippen LogP contribution in [-0.2, 0) is 4.74 Å². The highest BCUT2D eigenvalue weighted by molar-refractivity contribution is 6.43. The van der Waals surface area contributed by atoms with Gasteiger partial charge < -0.3 is 14.8 Å². The zero-order chi connectivity index (χ0) is 6.69. The Balaban J connectivity index is 2.46. The van der Waals surface area contributed by atoms with Crippen LogP contribution in [0.25, 0.3) is 0 Å². The zero-order valence-electron chi connectivity index (χ0n) is 4.77. The minimum atomic E-state index is -1.42. The molecule has 9 heavy (non-hydrogen) atoms. The van der Waals surface area contributed by atoms with Gasteiger partial charge in [0.2, 0.25) is 0 Å². The van der Waals surface area contributed by atoms with E-state index in [0.717, 1.165) is 0 Å². The lowest BCUT2D eigenvalue weighted by Crippen LogP contribution is -2.31. The lowest BCUT2D eigenvalue weighted by atomic mass is 9.81. The minimum Gasteiger partial charge on any atom is -0.496 e. The van der Waals surface area contributed by atoms with Crippen molar-refractivity contribution in [2.24, 2.45) is 0 Å². The predicted molar refractivity (Wildman–Crippen MR) is 33.3 cm³/mol. The fourth-order valence-electron chi connectivity index (χ4n) is 0.570. The summed E-state index contributed by atoms with van der Waals surface area (Å²) in [5.41, 5.74) is 0. The highest BCUT2D eigenvalue weighted by Gasteiger charge is 2.21. The summed E-state index contributed by atoms with van der Waals surface area (Å²) in [6, 6.07) is -0.602. The second-order valence-electron chi connectivity index (χ2n) is 1.73. The van der Waals surface area contributed by atoms with Crippen LogP contribution in [0.4, 0.5) is 0 Å². The van der Waals surface area contributed by atoms with Crippen molar-refractivity contribution in [2.45, 2.75) is 6.00 Å². The Morgan fingerprint density at radius 1 is 1.33 bits per heavy atom. The molecule has 0 aliphatic carbocycles. The highest BCUT2D eigenvalue weighted by atomic mass is 16.5. The maximum absolute atomic E-state index is 8.52. The van der Waals surface area contributed by atoms with Gasteiger partial charge in [0, 0.05) is 0 Å². The van der Waals surface area contributed by atoms with Crippen LogP contribution in [0.15, 0.2) is 24.5 Å². The normalized spacial score (nSPS) is 23.6. The van der Waals surface area contributed by atoms with Gasteiger partial charge in [-0.05, 0) is 12.2 Å². The van der Waals surface area contributed by atoms with Gasteiger partial charge in [-0.2, -0.15) is 0 Å². The highest BCUT2D eigenvalue weighted by Crippen LogP contribution is 2.01. The molecule has 1 rings (SSSR count). The van der Waals surface area contributed by atoms with Crippen LogP contribution >= 0.6 is 0 Å². The second-order valence-corrected chi connectivity index (χ2v) is 1.73. The van der Waals surface area contributed by atoms with Crippen molar-refractivity contribution in [3.63, 3.8) is 0 Å². The number of allylic oxidation sites excluding steroid dienone is 2. The first-order valence-electron chi connectivity index (χ1n) is 2.65. The average molecular weight is 126 g/mol. The molecule has 1 atom stereocenters. The van der Waals surface area contributed by atoms with Crippen molar-refractivity contribution in [1.82, 2.24) is 0 Å². The molecule has 0 aromatic heterocycles. The van der Waals surface area contributed by atoms with E-state index in [2.05, 4.69) is 0 Å². The lowest BCUT2D eigenvalue weighted by Gasteiger charge is -2.12. The molecule has 0 saturated carbocycles. The summed E-state index contributed by atoms with van der Waals surface area (Å²) < 4.78 is 4.77. The smallest absolute Gasteiger partial charge is 0.496 e. The Hall–Kier alpha value is -0.735. The first-order valence-corrected chi connectivity index (χ1v) is 2.65. The van der Waals surface area contributed by atoms with Crippen LogP contribution in [0.3, 0.4) is 0 Å². The molecule has 1 heterocycles. The molecular formula is C5H7BO3. The van der Waals surface area contributed by atoms with Crippen LogP contribution in [0.2, 0.25) is 0 Å². The summed E-state index contributed by atoms with van der Waals surface area (Å²) in [6.45, 7) is 0. The van der Waals surface area contributed by atoms with E-state index in [1.807, 2.05) is 0 Å². The van der Waals surface area contributed by atoms with Crippen molar-refractivity contribution < 1.29 is 14.8 Å².